The van der Waals surface area contributed by atoms with Gasteiger partial charge in [0.2, 0.25) is 5.91 Å². The van der Waals surface area contributed by atoms with Crippen molar-refractivity contribution in [3.8, 4) is 0 Å². The molecule has 68 valence electrons. The molecule has 0 bridgehead atoms. The smallest absolute Gasteiger partial charge is 0.248 e. The van der Waals surface area contributed by atoms with Gasteiger partial charge in [0.05, 0.1) is 9.26 Å². The van der Waals surface area contributed by atoms with E-state index >= 15 is 0 Å². The van der Waals surface area contributed by atoms with Gasteiger partial charge in [-0.05, 0) is 41.7 Å². The van der Waals surface area contributed by atoms with E-state index in [1.54, 1.807) is 31.5 Å². The number of hydrogen-bond acceptors (Lipinski definition) is 2. The Bertz CT molecular complexity index is 336. The number of rotatable bonds is 2. The van der Waals surface area contributed by atoms with E-state index in [0.717, 1.165) is 9.26 Å². The highest BCUT2D eigenvalue weighted by atomic mass is 127. The Morgan fingerprint density at radius 2 is 2.46 bits per heavy atom. The topological polar surface area (TPSA) is 42.0 Å². The van der Waals surface area contributed by atoms with Gasteiger partial charge in [0.15, 0.2) is 0 Å². The minimum absolute atomic E-state index is 0.119. The lowest BCUT2D eigenvalue weighted by atomic mass is 10.4. The predicted molar refractivity (Wildman–Crippen MR) is 60.4 cm³/mol. The van der Waals surface area contributed by atoms with Crippen LogP contribution in [0.4, 0.5) is 5.69 Å². The van der Waals surface area contributed by atoms with E-state index in [1.807, 2.05) is 0 Å². The first kappa shape index (κ1) is 10.2. The van der Waals surface area contributed by atoms with Crippen molar-refractivity contribution in [2.24, 2.45) is 0 Å². The maximum atomic E-state index is 11.1. The fourth-order valence-corrected chi connectivity index (χ4v) is 1.28. The van der Waals surface area contributed by atoms with Gasteiger partial charge in [-0.25, -0.2) is 0 Å². The molecule has 0 saturated heterocycles. The van der Waals surface area contributed by atoms with Gasteiger partial charge in [-0.2, -0.15) is 0 Å². The number of amides is 1. The van der Waals surface area contributed by atoms with Crippen molar-refractivity contribution in [3.05, 3.63) is 34.2 Å². The van der Waals surface area contributed by atoms with Crippen LogP contribution in [0.1, 0.15) is 6.92 Å². The molecule has 0 aromatic carbocycles. The van der Waals surface area contributed by atoms with Gasteiger partial charge in [0.25, 0.3) is 0 Å². The van der Waals surface area contributed by atoms with Crippen molar-refractivity contribution in [3.63, 3.8) is 0 Å². The lowest BCUT2D eigenvalue weighted by Gasteiger charge is -2.02. The molecule has 0 unspecified atom stereocenters. The molecule has 1 heterocycles. The van der Waals surface area contributed by atoms with Gasteiger partial charge in [-0.3, -0.25) is 9.78 Å². The molecule has 1 aromatic heterocycles. The number of anilines is 1. The van der Waals surface area contributed by atoms with E-state index in [-0.39, 0.29) is 5.91 Å². The minimum atomic E-state index is -0.119. The Kier molecular flexibility index (Phi) is 3.88. The number of aromatic nitrogens is 1. The van der Waals surface area contributed by atoms with Crippen LogP contribution in [0, 0.1) is 3.57 Å². The highest BCUT2D eigenvalue weighted by Crippen LogP contribution is 2.15. The zero-order valence-corrected chi connectivity index (χ0v) is 9.28. The molecular weight excluding hydrogens is 279 g/mol. The van der Waals surface area contributed by atoms with Crippen LogP contribution in [0.5, 0.6) is 0 Å². The van der Waals surface area contributed by atoms with Gasteiger partial charge in [0.1, 0.15) is 0 Å². The van der Waals surface area contributed by atoms with Crippen molar-refractivity contribution in [1.82, 2.24) is 4.98 Å². The Morgan fingerprint density at radius 3 is 3.08 bits per heavy atom. The van der Waals surface area contributed by atoms with Crippen LogP contribution in [-0.4, -0.2) is 10.9 Å². The molecule has 1 aromatic rings. The third-order valence-electron chi connectivity index (χ3n) is 1.35. The maximum absolute atomic E-state index is 11.1. The second-order valence-corrected chi connectivity index (χ2v) is 3.51. The molecule has 3 nitrogen and oxygen atoms in total. The normalized spacial score (nSPS) is 10.3. The second-order valence-electron chi connectivity index (χ2n) is 2.34. The summed E-state index contributed by atoms with van der Waals surface area (Å²) >= 11 is 2.12. The highest BCUT2D eigenvalue weighted by Gasteiger charge is 2.00. The van der Waals surface area contributed by atoms with E-state index in [1.165, 1.54) is 6.08 Å². The minimum Gasteiger partial charge on any atom is -0.321 e. The highest BCUT2D eigenvalue weighted by molar-refractivity contribution is 14.1. The summed E-state index contributed by atoms with van der Waals surface area (Å²) in [6, 6.07) is 1.77. The van der Waals surface area contributed by atoms with E-state index in [9.17, 15) is 4.79 Å². The molecular formula is C9H9IN2O. The summed E-state index contributed by atoms with van der Waals surface area (Å²) < 4.78 is 0.929. The van der Waals surface area contributed by atoms with Crippen molar-refractivity contribution in [1.29, 1.82) is 0 Å². The SMILES string of the molecule is C/C=C/C(=O)Nc1ccncc1I. The Morgan fingerprint density at radius 1 is 1.69 bits per heavy atom. The quantitative estimate of drug-likeness (QED) is 0.669. The van der Waals surface area contributed by atoms with Gasteiger partial charge in [-0.15, -0.1) is 0 Å². The zero-order valence-electron chi connectivity index (χ0n) is 7.12. The van der Waals surface area contributed by atoms with Gasteiger partial charge >= 0.3 is 0 Å². The molecule has 1 rings (SSSR count). The van der Waals surface area contributed by atoms with E-state index in [2.05, 4.69) is 32.9 Å². The van der Waals surface area contributed by atoms with Gasteiger partial charge in [0, 0.05) is 12.4 Å². The van der Waals surface area contributed by atoms with Crippen molar-refractivity contribution >= 4 is 34.2 Å². The number of nitrogens with zero attached hydrogens (tertiary/aromatic N) is 1. The van der Waals surface area contributed by atoms with Crippen LogP contribution in [0.3, 0.4) is 0 Å². The monoisotopic (exact) mass is 288 g/mol. The van der Waals surface area contributed by atoms with Crippen molar-refractivity contribution < 1.29 is 4.79 Å². The number of carbonyl (C=O) groups is 1. The third-order valence-corrected chi connectivity index (χ3v) is 2.21. The molecule has 0 radical (unpaired) electrons. The number of nitrogens with one attached hydrogen (secondary N) is 1. The largest absolute Gasteiger partial charge is 0.321 e. The summed E-state index contributed by atoms with van der Waals surface area (Å²) in [6.45, 7) is 1.80. The molecule has 1 amide bonds. The Labute approximate surface area is 90.4 Å². The summed E-state index contributed by atoms with van der Waals surface area (Å²) in [4.78, 5) is 15.1. The summed E-state index contributed by atoms with van der Waals surface area (Å²) in [5.41, 5.74) is 0.790. The molecule has 0 atom stereocenters. The van der Waals surface area contributed by atoms with Crippen LogP contribution >= 0.6 is 22.6 Å². The number of hydrogen-bond donors (Lipinski definition) is 1. The summed E-state index contributed by atoms with van der Waals surface area (Å²) in [5, 5.41) is 2.74. The third kappa shape index (κ3) is 3.14. The van der Waals surface area contributed by atoms with Crippen LogP contribution < -0.4 is 5.32 Å². The molecule has 0 aliphatic carbocycles. The fourth-order valence-electron chi connectivity index (χ4n) is 0.802. The second kappa shape index (κ2) is 4.96. The number of carbonyl (C=O) groups excluding carboxylic acids is 1. The van der Waals surface area contributed by atoms with Crippen molar-refractivity contribution in [2.75, 3.05) is 5.32 Å². The average molecular weight is 288 g/mol. The summed E-state index contributed by atoms with van der Waals surface area (Å²) in [5.74, 6) is -0.119. The molecule has 0 saturated carbocycles. The molecule has 0 spiro atoms. The van der Waals surface area contributed by atoms with Crippen LogP contribution in [-0.2, 0) is 4.79 Å². The van der Waals surface area contributed by atoms with Crippen LogP contribution in [0.15, 0.2) is 30.6 Å². The fraction of sp³-hybridized carbons (Fsp3) is 0.111. The Balaban J connectivity index is 2.74. The predicted octanol–water partition coefficient (Wildman–Crippen LogP) is 2.20. The maximum Gasteiger partial charge on any atom is 0.248 e. The molecule has 0 fully saturated rings. The lowest BCUT2D eigenvalue weighted by Crippen LogP contribution is -2.08. The molecule has 0 aliphatic heterocycles. The van der Waals surface area contributed by atoms with Gasteiger partial charge in [-0.1, -0.05) is 6.08 Å². The number of allylic oxidation sites excluding steroid dienone is 1. The standard InChI is InChI=1S/C9H9IN2O/c1-2-3-9(13)12-8-4-5-11-6-7(8)10/h2-6H,1H3,(H,11,12,13)/b3-2+. The van der Waals surface area contributed by atoms with Crippen molar-refractivity contribution in [2.45, 2.75) is 6.92 Å². The average Bonchev–Trinajstić information content (AvgIpc) is 2.09. The first-order valence-corrected chi connectivity index (χ1v) is 4.85. The summed E-state index contributed by atoms with van der Waals surface area (Å²) in [6.07, 6.45) is 6.53. The van der Waals surface area contributed by atoms with Crippen LogP contribution in [0.25, 0.3) is 0 Å². The van der Waals surface area contributed by atoms with Crippen LogP contribution in [0.2, 0.25) is 0 Å². The van der Waals surface area contributed by atoms with Gasteiger partial charge < -0.3 is 5.32 Å². The zero-order chi connectivity index (χ0) is 9.68. The molecule has 1 N–H and O–H groups in total. The van der Waals surface area contributed by atoms with E-state index in [0.29, 0.717) is 0 Å². The molecule has 4 heteroatoms. The first-order chi connectivity index (χ1) is 6.24. The first-order valence-electron chi connectivity index (χ1n) is 3.77. The van der Waals surface area contributed by atoms with E-state index in [4.69, 9.17) is 0 Å². The number of pyridine rings is 1. The number of halogens is 1. The lowest BCUT2D eigenvalue weighted by molar-refractivity contribution is -0.111. The summed E-state index contributed by atoms with van der Waals surface area (Å²) in [7, 11) is 0. The van der Waals surface area contributed by atoms with E-state index < -0.39 is 0 Å². The molecule has 0 aliphatic rings. The molecule has 13 heavy (non-hydrogen) atoms. The Hall–Kier alpha value is -0.910.